The summed E-state index contributed by atoms with van der Waals surface area (Å²) in [5.74, 6) is -0.0987. The van der Waals surface area contributed by atoms with Gasteiger partial charge in [-0.05, 0) is 74.3 Å². The molecule has 0 saturated carbocycles. The lowest BCUT2D eigenvalue weighted by atomic mass is 10.1. The second-order valence-electron chi connectivity index (χ2n) is 5.96. The monoisotopic (exact) mass is 328 g/mol. The Morgan fingerprint density at radius 3 is 2.30 bits per heavy atom. The predicted molar refractivity (Wildman–Crippen MR) is 95.2 cm³/mol. The van der Waals surface area contributed by atoms with E-state index < -0.39 is 0 Å². The molecule has 3 rings (SSSR count). The molecule has 1 saturated heterocycles. The van der Waals surface area contributed by atoms with Gasteiger partial charge in [-0.15, -0.1) is 0 Å². The molecule has 1 amide bonds. The molecule has 1 fully saturated rings. The minimum absolute atomic E-state index is 0.0987. The van der Waals surface area contributed by atoms with Crippen molar-refractivity contribution in [2.45, 2.75) is 19.3 Å². The number of likely N-dealkylation sites (tertiary alicyclic amines) is 1. The van der Waals surface area contributed by atoms with Gasteiger partial charge in [-0.1, -0.05) is 23.7 Å². The quantitative estimate of drug-likeness (QED) is 0.890. The molecule has 0 aromatic heterocycles. The first-order chi connectivity index (χ1) is 11.2. The lowest BCUT2D eigenvalue weighted by Crippen LogP contribution is -2.21. The Kier molecular flexibility index (Phi) is 5.31. The molecule has 120 valence electrons. The third-order valence-electron chi connectivity index (χ3n) is 4.23. The van der Waals surface area contributed by atoms with Crippen molar-refractivity contribution in [2.24, 2.45) is 0 Å². The molecule has 23 heavy (non-hydrogen) atoms. The Bertz CT molecular complexity index is 646. The average Bonchev–Trinajstić information content (AvgIpc) is 3.09. The number of anilines is 1. The summed E-state index contributed by atoms with van der Waals surface area (Å²) in [5, 5.41) is 3.53. The van der Waals surface area contributed by atoms with Crippen molar-refractivity contribution in [3.63, 3.8) is 0 Å². The number of nitrogens with zero attached hydrogens (tertiary/aromatic N) is 1. The molecule has 0 radical (unpaired) electrons. The number of carbonyl (C=O) groups excluding carboxylic acids is 1. The molecule has 0 bridgehead atoms. The van der Waals surface area contributed by atoms with Crippen LogP contribution in [0, 0.1) is 0 Å². The van der Waals surface area contributed by atoms with Crippen LogP contribution in [-0.2, 0) is 6.42 Å². The summed E-state index contributed by atoms with van der Waals surface area (Å²) in [4.78, 5) is 14.7. The molecular formula is C19H21ClN2O. The largest absolute Gasteiger partial charge is 0.322 e. The first-order valence-electron chi connectivity index (χ1n) is 8.09. The van der Waals surface area contributed by atoms with Crippen molar-refractivity contribution in [1.29, 1.82) is 0 Å². The van der Waals surface area contributed by atoms with Crippen molar-refractivity contribution in [3.05, 3.63) is 64.7 Å². The highest BCUT2D eigenvalue weighted by Gasteiger charge is 2.11. The van der Waals surface area contributed by atoms with E-state index >= 15 is 0 Å². The summed E-state index contributed by atoms with van der Waals surface area (Å²) < 4.78 is 0. The fourth-order valence-electron chi connectivity index (χ4n) is 2.85. The van der Waals surface area contributed by atoms with E-state index in [1.165, 1.54) is 31.5 Å². The third kappa shape index (κ3) is 4.57. The van der Waals surface area contributed by atoms with Gasteiger partial charge in [0.2, 0.25) is 0 Å². The van der Waals surface area contributed by atoms with E-state index in [0.717, 1.165) is 18.7 Å². The maximum absolute atomic E-state index is 12.2. The van der Waals surface area contributed by atoms with Crippen LogP contribution in [0.1, 0.15) is 28.8 Å². The van der Waals surface area contributed by atoms with Gasteiger partial charge in [-0.2, -0.15) is 0 Å². The molecule has 1 aliphatic heterocycles. The highest BCUT2D eigenvalue weighted by molar-refractivity contribution is 6.30. The number of benzene rings is 2. The van der Waals surface area contributed by atoms with Crippen LogP contribution in [0.5, 0.6) is 0 Å². The van der Waals surface area contributed by atoms with E-state index in [2.05, 4.69) is 10.2 Å². The molecule has 2 aromatic rings. The van der Waals surface area contributed by atoms with Gasteiger partial charge >= 0.3 is 0 Å². The summed E-state index contributed by atoms with van der Waals surface area (Å²) in [6.07, 6.45) is 3.69. The maximum Gasteiger partial charge on any atom is 0.255 e. The minimum atomic E-state index is -0.0987. The van der Waals surface area contributed by atoms with E-state index in [1.54, 1.807) is 24.3 Å². The van der Waals surface area contributed by atoms with Gasteiger partial charge in [0.15, 0.2) is 0 Å². The van der Waals surface area contributed by atoms with Crippen molar-refractivity contribution >= 4 is 23.2 Å². The van der Waals surface area contributed by atoms with Crippen LogP contribution in [0.4, 0.5) is 5.69 Å². The molecule has 0 atom stereocenters. The van der Waals surface area contributed by atoms with Crippen molar-refractivity contribution in [1.82, 2.24) is 4.90 Å². The Labute approximate surface area is 142 Å². The highest BCUT2D eigenvalue weighted by atomic mass is 35.5. The van der Waals surface area contributed by atoms with Gasteiger partial charge in [-0.3, -0.25) is 4.79 Å². The molecular weight excluding hydrogens is 308 g/mol. The molecule has 0 spiro atoms. The summed E-state index contributed by atoms with van der Waals surface area (Å²) in [6.45, 7) is 3.56. The highest BCUT2D eigenvalue weighted by Crippen LogP contribution is 2.15. The summed E-state index contributed by atoms with van der Waals surface area (Å²) in [5.41, 5.74) is 2.70. The molecule has 3 nitrogen and oxygen atoms in total. The second-order valence-corrected chi connectivity index (χ2v) is 6.39. The zero-order chi connectivity index (χ0) is 16.1. The van der Waals surface area contributed by atoms with Crippen LogP contribution in [-0.4, -0.2) is 30.4 Å². The number of rotatable bonds is 5. The minimum Gasteiger partial charge on any atom is -0.322 e. The van der Waals surface area contributed by atoms with Crippen LogP contribution >= 0.6 is 11.6 Å². The van der Waals surface area contributed by atoms with Crippen LogP contribution in [0.3, 0.4) is 0 Å². The number of nitrogens with one attached hydrogen (secondary N) is 1. The molecule has 1 heterocycles. The number of amides is 1. The first kappa shape index (κ1) is 16.0. The predicted octanol–water partition coefficient (Wildman–Crippen LogP) is 4.23. The normalized spacial score (nSPS) is 14.8. The van der Waals surface area contributed by atoms with Crippen LogP contribution in [0.25, 0.3) is 0 Å². The molecule has 1 N–H and O–H groups in total. The fraction of sp³-hybridized carbons (Fsp3) is 0.316. The smallest absolute Gasteiger partial charge is 0.255 e. The van der Waals surface area contributed by atoms with E-state index in [0.29, 0.717) is 10.6 Å². The molecule has 0 aliphatic carbocycles. The zero-order valence-electron chi connectivity index (χ0n) is 13.1. The molecule has 2 aromatic carbocycles. The lowest BCUT2D eigenvalue weighted by Gasteiger charge is -2.14. The number of carbonyl (C=O) groups is 1. The molecule has 4 heteroatoms. The van der Waals surface area contributed by atoms with E-state index in [1.807, 2.05) is 24.3 Å². The van der Waals surface area contributed by atoms with Crippen molar-refractivity contribution in [3.8, 4) is 0 Å². The van der Waals surface area contributed by atoms with Gasteiger partial charge in [0.05, 0.1) is 0 Å². The van der Waals surface area contributed by atoms with E-state index in [-0.39, 0.29) is 5.91 Å². The fourth-order valence-corrected chi connectivity index (χ4v) is 2.98. The first-order valence-corrected chi connectivity index (χ1v) is 8.47. The van der Waals surface area contributed by atoms with Gasteiger partial charge < -0.3 is 10.2 Å². The van der Waals surface area contributed by atoms with Gasteiger partial charge in [0, 0.05) is 22.8 Å². The summed E-state index contributed by atoms with van der Waals surface area (Å²) in [6, 6.07) is 15.0. The standard InChI is InChI=1S/C19H21ClN2O/c20-17-7-9-18(10-8-17)21-19(23)16-5-3-15(4-6-16)11-14-22-12-1-2-13-22/h3-10H,1-2,11-14H2,(H,21,23). The molecule has 1 aliphatic rings. The van der Waals surface area contributed by atoms with Crippen molar-refractivity contribution < 1.29 is 4.79 Å². The summed E-state index contributed by atoms with van der Waals surface area (Å²) in [7, 11) is 0. The topological polar surface area (TPSA) is 32.3 Å². The molecule has 0 unspecified atom stereocenters. The Balaban J connectivity index is 1.55. The van der Waals surface area contributed by atoms with Gasteiger partial charge in [-0.25, -0.2) is 0 Å². The Hall–Kier alpha value is -1.84. The lowest BCUT2D eigenvalue weighted by molar-refractivity contribution is 0.102. The van der Waals surface area contributed by atoms with Gasteiger partial charge in [0.1, 0.15) is 0 Å². The average molecular weight is 329 g/mol. The van der Waals surface area contributed by atoms with Crippen LogP contribution in [0.15, 0.2) is 48.5 Å². The van der Waals surface area contributed by atoms with Crippen LogP contribution < -0.4 is 5.32 Å². The third-order valence-corrected chi connectivity index (χ3v) is 4.49. The number of hydrogen-bond acceptors (Lipinski definition) is 2. The number of hydrogen-bond donors (Lipinski definition) is 1. The zero-order valence-corrected chi connectivity index (χ0v) is 13.9. The summed E-state index contributed by atoms with van der Waals surface area (Å²) >= 11 is 5.84. The van der Waals surface area contributed by atoms with Gasteiger partial charge in [0.25, 0.3) is 5.91 Å². The Morgan fingerprint density at radius 2 is 1.65 bits per heavy atom. The number of halogens is 1. The second kappa shape index (κ2) is 7.62. The van der Waals surface area contributed by atoms with Crippen molar-refractivity contribution in [2.75, 3.05) is 25.0 Å². The van der Waals surface area contributed by atoms with E-state index in [4.69, 9.17) is 11.6 Å². The van der Waals surface area contributed by atoms with E-state index in [9.17, 15) is 4.79 Å². The van der Waals surface area contributed by atoms with Crippen LogP contribution in [0.2, 0.25) is 5.02 Å². The SMILES string of the molecule is O=C(Nc1ccc(Cl)cc1)c1ccc(CCN2CCCC2)cc1. The maximum atomic E-state index is 12.2. The Morgan fingerprint density at radius 1 is 1.00 bits per heavy atom.